The topological polar surface area (TPSA) is 155 Å². The molecular formula is C68H109O11P. The van der Waals surface area contributed by atoms with Gasteiger partial charge in [0.15, 0.2) is 6.10 Å². The first-order valence-electron chi connectivity index (χ1n) is 30.7. The Morgan fingerprint density at radius 1 is 0.362 bits per heavy atom. The van der Waals surface area contributed by atoms with Gasteiger partial charge in [0.05, 0.1) is 19.8 Å². The molecule has 0 rings (SSSR count). The highest BCUT2D eigenvalue weighted by atomic mass is 31.2. The summed E-state index contributed by atoms with van der Waals surface area (Å²) in [5.74, 6) is -1.63. The van der Waals surface area contributed by atoms with E-state index in [9.17, 15) is 28.9 Å². The molecule has 2 N–H and O–H groups in total. The fourth-order valence-corrected chi connectivity index (χ4v) is 8.42. The van der Waals surface area contributed by atoms with Crippen molar-refractivity contribution in [2.45, 2.75) is 238 Å². The van der Waals surface area contributed by atoms with Crippen LogP contribution in [0, 0.1) is 0 Å². The molecule has 0 radical (unpaired) electrons. The summed E-state index contributed by atoms with van der Waals surface area (Å²) in [6.45, 7) is 4.27. The van der Waals surface area contributed by atoms with Crippen molar-refractivity contribution in [1.29, 1.82) is 0 Å². The number of aliphatic hydroxyl groups excluding tert-OH is 1. The third kappa shape index (κ3) is 58.0. The second-order valence-corrected chi connectivity index (χ2v) is 21.2. The predicted octanol–water partition coefficient (Wildman–Crippen LogP) is 18.7. The summed E-state index contributed by atoms with van der Waals surface area (Å²) in [5, 5.41) is 9.84. The van der Waals surface area contributed by atoms with Crippen LogP contribution in [0.1, 0.15) is 226 Å². The maximum Gasteiger partial charge on any atom is 0.472 e. The summed E-state index contributed by atoms with van der Waals surface area (Å²) in [5.41, 5.74) is 0. The minimum absolute atomic E-state index is 0.0261. The number of phosphoric ester groups is 1. The van der Waals surface area contributed by atoms with Crippen molar-refractivity contribution < 1.29 is 52.2 Å². The lowest BCUT2D eigenvalue weighted by Crippen LogP contribution is -2.30. The molecule has 0 aromatic carbocycles. The lowest BCUT2D eigenvalue weighted by atomic mass is 10.1. The molecule has 0 spiro atoms. The Bertz CT molecular complexity index is 1900. The Balaban J connectivity index is 4.91. The number of aliphatic hydroxyl groups is 1. The van der Waals surface area contributed by atoms with E-state index in [1.165, 1.54) is 38.5 Å². The molecule has 3 atom stereocenters. The standard InChI is InChI=1S/C68H109O11P/c1-4-7-10-13-16-19-22-25-28-30-32-34-37-39-42-45-48-51-54-57-66(70)75-61-65(79-68(72)59-56-53-50-47-44-41-38-35-33-31-29-26-23-20-17-14-11-8-5-2)63-77-80(73,74)76-62-64(60-69)78-67(71)58-55-52-49-46-43-40-36-27-24-21-18-15-12-9-6-3/h7-8,10-11,16-17,19-20,25-29,32-36,39,41-42,44,50,53,64-65,69H,4-6,9,12-15,18,21-24,30-31,37-38,40,43,45-49,51-52,54-63H2,1-3H3,(H,73,74)/b10-7-,11-8-,19-16-,20-17-,28-25-,29-26-,34-32-,35-33-,36-27-,42-39-,44-41-,53-50-. The van der Waals surface area contributed by atoms with Gasteiger partial charge in [-0.25, -0.2) is 4.57 Å². The lowest BCUT2D eigenvalue weighted by Gasteiger charge is -2.21. The van der Waals surface area contributed by atoms with E-state index < -0.39 is 64.4 Å². The van der Waals surface area contributed by atoms with E-state index in [1.54, 1.807) is 0 Å². The van der Waals surface area contributed by atoms with Crippen molar-refractivity contribution in [3.05, 3.63) is 146 Å². The van der Waals surface area contributed by atoms with Crippen LogP contribution in [0.4, 0.5) is 0 Å². The highest BCUT2D eigenvalue weighted by molar-refractivity contribution is 7.47. The van der Waals surface area contributed by atoms with Crippen LogP contribution in [0.2, 0.25) is 0 Å². The van der Waals surface area contributed by atoms with Crippen LogP contribution in [-0.4, -0.2) is 66.5 Å². The van der Waals surface area contributed by atoms with Gasteiger partial charge in [-0.15, -0.1) is 0 Å². The van der Waals surface area contributed by atoms with E-state index in [4.69, 9.17) is 23.3 Å². The molecule has 11 nitrogen and oxygen atoms in total. The number of allylic oxidation sites excluding steroid dienone is 24. The zero-order chi connectivity index (χ0) is 58.3. The van der Waals surface area contributed by atoms with Gasteiger partial charge in [-0.2, -0.15) is 0 Å². The monoisotopic (exact) mass is 1130 g/mol. The smallest absolute Gasteiger partial charge is 0.462 e. The molecule has 0 aliphatic carbocycles. The summed E-state index contributed by atoms with van der Waals surface area (Å²) in [6.07, 6.45) is 78.2. The van der Waals surface area contributed by atoms with Crippen LogP contribution in [-0.2, 0) is 42.2 Å². The third-order valence-electron chi connectivity index (χ3n) is 12.2. The quantitative estimate of drug-likeness (QED) is 0.0197. The predicted molar refractivity (Wildman–Crippen MR) is 334 cm³/mol. The summed E-state index contributed by atoms with van der Waals surface area (Å²) in [7, 11) is -4.79. The Morgan fingerprint density at radius 2 is 0.675 bits per heavy atom. The maximum absolute atomic E-state index is 12.9. The van der Waals surface area contributed by atoms with Crippen LogP contribution < -0.4 is 0 Å². The number of hydrogen-bond acceptors (Lipinski definition) is 10. The zero-order valence-corrected chi connectivity index (χ0v) is 50.9. The second kappa shape index (κ2) is 60.5. The summed E-state index contributed by atoms with van der Waals surface area (Å²) in [6, 6.07) is 0. The number of rotatable bonds is 55. The molecule has 0 bridgehead atoms. The number of unbranched alkanes of at least 4 members (excludes halogenated alkanes) is 14. The molecule has 12 heteroatoms. The number of esters is 3. The fourth-order valence-electron chi connectivity index (χ4n) is 7.64. The van der Waals surface area contributed by atoms with Gasteiger partial charge in [0.1, 0.15) is 12.7 Å². The minimum Gasteiger partial charge on any atom is -0.462 e. The van der Waals surface area contributed by atoms with Crippen LogP contribution in [0.3, 0.4) is 0 Å². The molecule has 0 aliphatic heterocycles. The van der Waals surface area contributed by atoms with Crippen molar-refractivity contribution in [1.82, 2.24) is 0 Å². The average molecular weight is 1130 g/mol. The van der Waals surface area contributed by atoms with Crippen molar-refractivity contribution >= 4 is 25.7 Å². The van der Waals surface area contributed by atoms with E-state index in [-0.39, 0.29) is 19.3 Å². The Hall–Kier alpha value is -4.64. The van der Waals surface area contributed by atoms with Gasteiger partial charge in [0.25, 0.3) is 0 Å². The number of hydrogen-bond donors (Lipinski definition) is 2. The molecule has 0 aromatic heterocycles. The molecular weight excluding hydrogens is 1020 g/mol. The van der Waals surface area contributed by atoms with Gasteiger partial charge in [-0.1, -0.05) is 224 Å². The van der Waals surface area contributed by atoms with Crippen LogP contribution in [0.5, 0.6) is 0 Å². The molecule has 80 heavy (non-hydrogen) atoms. The minimum atomic E-state index is -4.79. The van der Waals surface area contributed by atoms with Gasteiger partial charge < -0.3 is 24.2 Å². The number of phosphoric acid groups is 1. The Morgan fingerprint density at radius 3 is 1.10 bits per heavy atom. The van der Waals surface area contributed by atoms with Crippen molar-refractivity contribution in [2.75, 3.05) is 26.4 Å². The first kappa shape index (κ1) is 75.4. The van der Waals surface area contributed by atoms with Crippen molar-refractivity contribution in [3.8, 4) is 0 Å². The molecule has 0 fully saturated rings. The molecule has 3 unspecified atom stereocenters. The van der Waals surface area contributed by atoms with Gasteiger partial charge in [-0.3, -0.25) is 23.4 Å². The maximum atomic E-state index is 12.9. The molecule has 452 valence electrons. The van der Waals surface area contributed by atoms with Crippen LogP contribution >= 0.6 is 7.82 Å². The summed E-state index contributed by atoms with van der Waals surface area (Å²) in [4.78, 5) is 48.6. The number of ether oxygens (including phenoxy) is 3. The second-order valence-electron chi connectivity index (χ2n) is 19.7. The Labute approximate surface area is 486 Å². The lowest BCUT2D eigenvalue weighted by molar-refractivity contribution is -0.161. The first-order chi connectivity index (χ1) is 39.2. The number of carbonyl (C=O) groups is 3. The van der Waals surface area contributed by atoms with Crippen LogP contribution in [0.15, 0.2) is 146 Å². The van der Waals surface area contributed by atoms with Gasteiger partial charge in [-0.05, 0) is 128 Å². The van der Waals surface area contributed by atoms with Crippen molar-refractivity contribution in [3.63, 3.8) is 0 Å². The zero-order valence-electron chi connectivity index (χ0n) is 50.0. The third-order valence-corrected chi connectivity index (χ3v) is 13.2. The highest BCUT2D eigenvalue weighted by Gasteiger charge is 2.28. The van der Waals surface area contributed by atoms with E-state index in [0.29, 0.717) is 25.7 Å². The summed E-state index contributed by atoms with van der Waals surface area (Å²) < 4.78 is 39.5. The largest absolute Gasteiger partial charge is 0.472 e. The van der Waals surface area contributed by atoms with Gasteiger partial charge >= 0.3 is 25.7 Å². The molecule has 0 amide bonds. The normalized spacial score (nSPS) is 14.3. The van der Waals surface area contributed by atoms with Gasteiger partial charge in [0.2, 0.25) is 0 Å². The van der Waals surface area contributed by atoms with Crippen LogP contribution in [0.25, 0.3) is 0 Å². The Kier molecular flexibility index (Phi) is 56.9. The van der Waals surface area contributed by atoms with E-state index in [2.05, 4.69) is 154 Å². The van der Waals surface area contributed by atoms with Crippen molar-refractivity contribution in [2.24, 2.45) is 0 Å². The van der Waals surface area contributed by atoms with Gasteiger partial charge in [0, 0.05) is 19.3 Å². The highest BCUT2D eigenvalue weighted by Crippen LogP contribution is 2.43. The fraction of sp³-hybridized carbons (Fsp3) is 0.603. The van der Waals surface area contributed by atoms with E-state index >= 15 is 0 Å². The molecule has 0 saturated heterocycles. The SMILES string of the molecule is CC/C=C\C/C=C\C/C=C\C/C=C\C/C=C\C/C=C\CCC(=O)OC(COC(=O)CCCCC/C=C\C/C=C\C/C=C\C/C=C\C/C=C\CC)COP(=O)(O)OCC(CO)OC(=O)CCCCCCC/C=C\CCCCCCCC. The van der Waals surface area contributed by atoms with E-state index in [1.807, 2.05) is 12.2 Å². The average Bonchev–Trinajstić information content (AvgIpc) is 3.45. The molecule has 0 saturated carbocycles. The van der Waals surface area contributed by atoms with E-state index in [0.717, 1.165) is 122 Å². The number of carbonyl (C=O) groups excluding carboxylic acids is 3. The molecule has 0 aliphatic rings. The molecule has 0 aromatic rings. The first-order valence-corrected chi connectivity index (χ1v) is 32.2. The molecule has 0 heterocycles. The summed E-state index contributed by atoms with van der Waals surface area (Å²) >= 11 is 0.